The van der Waals surface area contributed by atoms with Crippen molar-refractivity contribution in [3.8, 4) is 11.5 Å². The zero-order valence-corrected chi connectivity index (χ0v) is 15.8. The molecule has 0 saturated carbocycles. The number of methoxy groups -OCH3 is 1. The van der Waals surface area contributed by atoms with Crippen LogP contribution in [0.1, 0.15) is 23.2 Å². The quantitative estimate of drug-likeness (QED) is 0.519. The first-order valence-electron chi connectivity index (χ1n) is 9.13. The lowest BCUT2D eigenvalue weighted by Gasteiger charge is -2.08. The summed E-state index contributed by atoms with van der Waals surface area (Å²) in [6.07, 6.45) is 2.73. The average molecular weight is 377 g/mol. The Morgan fingerprint density at radius 1 is 0.857 bits per heavy atom. The number of carbonyl (C=O) groups is 1. The Kier molecular flexibility index (Phi) is 7.01. The largest absolute Gasteiger partial charge is 0.497 e. The van der Waals surface area contributed by atoms with E-state index < -0.39 is 0 Å². The fourth-order valence-corrected chi connectivity index (χ4v) is 2.60. The van der Waals surface area contributed by atoms with Crippen LogP contribution in [-0.2, 0) is 29.2 Å². The fraction of sp³-hybridized carbons (Fsp3) is 0.217. The lowest BCUT2D eigenvalue weighted by atomic mass is 10.1. The topological polar surface area (TPSA) is 57.7 Å². The van der Waals surface area contributed by atoms with Crippen molar-refractivity contribution < 1.29 is 19.0 Å². The molecule has 0 N–H and O–H groups in total. The smallest absolute Gasteiger partial charge is 0.306 e. The second-order valence-electron chi connectivity index (χ2n) is 6.26. The van der Waals surface area contributed by atoms with E-state index in [0.717, 1.165) is 28.3 Å². The molecule has 0 amide bonds. The Labute approximate surface area is 164 Å². The molecule has 3 aromatic rings. The number of benzene rings is 2. The number of esters is 1. The minimum Gasteiger partial charge on any atom is -0.497 e. The molecule has 0 bridgehead atoms. The van der Waals surface area contributed by atoms with E-state index in [4.69, 9.17) is 14.2 Å². The monoisotopic (exact) mass is 377 g/mol. The van der Waals surface area contributed by atoms with Crippen molar-refractivity contribution in [1.29, 1.82) is 0 Å². The van der Waals surface area contributed by atoms with Gasteiger partial charge in [-0.1, -0.05) is 30.3 Å². The van der Waals surface area contributed by atoms with E-state index in [1.165, 1.54) is 0 Å². The third-order valence-electron chi connectivity index (χ3n) is 4.21. The Bertz CT molecular complexity index is 861. The van der Waals surface area contributed by atoms with Gasteiger partial charge in [-0.2, -0.15) is 0 Å². The molecule has 1 aromatic heterocycles. The second kappa shape index (κ2) is 10.1. The van der Waals surface area contributed by atoms with E-state index in [1.54, 1.807) is 13.3 Å². The first kappa shape index (κ1) is 19.4. The lowest BCUT2D eigenvalue weighted by Crippen LogP contribution is -2.06. The number of ether oxygens (including phenoxy) is 3. The molecular formula is C23H23NO4. The molecule has 2 aromatic carbocycles. The van der Waals surface area contributed by atoms with E-state index in [1.807, 2.05) is 66.7 Å². The highest BCUT2D eigenvalue weighted by Crippen LogP contribution is 2.15. The predicted molar refractivity (Wildman–Crippen MR) is 106 cm³/mol. The summed E-state index contributed by atoms with van der Waals surface area (Å²) in [4.78, 5) is 16.2. The Morgan fingerprint density at radius 3 is 2.25 bits per heavy atom. The zero-order chi connectivity index (χ0) is 19.6. The van der Waals surface area contributed by atoms with Crippen molar-refractivity contribution in [2.45, 2.75) is 26.1 Å². The van der Waals surface area contributed by atoms with Gasteiger partial charge in [0.05, 0.1) is 12.8 Å². The van der Waals surface area contributed by atoms with E-state index in [2.05, 4.69) is 4.98 Å². The van der Waals surface area contributed by atoms with Crippen LogP contribution in [0, 0.1) is 0 Å². The third kappa shape index (κ3) is 6.13. The Hall–Kier alpha value is -3.34. The van der Waals surface area contributed by atoms with E-state index >= 15 is 0 Å². The van der Waals surface area contributed by atoms with Gasteiger partial charge in [0, 0.05) is 12.6 Å². The zero-order valence-electron chi connectivity index (χ0n) is 15.8. The SMILES string of the molecule is COc1ccc(CCC(=O)OCc2ccc(OCc3ccccn3)cc2)cc1. The molecule has 0 radical (unpaired) electrons. The standard InChI is InChI=1S/C23H23NO4/c1-26-21-10-5-18(6-11-21)9-14-23(25)28-16-19-7-12-22(13-8-19)27-17-20-4-2-3-15-24-20/h2-8,10-13,15H,9,14,16-17H2,1H3. The van der Waals surface area contributed by atoms with Gasteiger partial charge in [0.25, 0.3) is 0 Å². The van der Waals surface area contributed by atoms with Crippen molar-refractivity contribution in [2.75, 3.05) is 7.11 Å². The van der Waals surface area contributed by atoms with Crippen molar-refractivity contribution in [3.63, 3.8) is 0 Å². The van der Waals surface area contributed by atoms with Gasteiger partial charge in [0.15, 0.2) is 0 Å². The summed E-state index contributed by atoms with van der Waals surface area (Å²) in [5, 5.41) is 0. The average Bonchev–Trinajstić information content (AvgIpc) is 2.76. The number of pyridine rings is 1. The number of hydrogen-bond donors (Lipinski definition) is 0. The minimum atomic E-state index is -0.216. The highest BCUT2D eigenvalue weighted by Gasteiger charge is 2.05. The van der Waals surface area contributed by atoms with Gasteiger partial charge in [-0.25, -0.2) is 0 Å². The van der Waals surface area contributed by atoms with Crippen LogP contribution < -0.4 is 9.47 Å². The molecule has 0 aliphatic rings. The van der Waals surface area contributed by atoms with E-state index in [9.17, 15) is 4.79 Å². The molecule has 1 heterocycles. The van der Waals surface area contributed by atoms with Crippen LogP contribution in [0.2, 0.25) is 0 Å². The Balaban J connectivity index is 1.39. The summed E-state index contributed by atoms with van der Waals surface area (Å²) in [5.41, 5.74) is 2.87. The lowest BCUT2D eigenvalue weighted by molar-refractivity contribution is -0.144. The first-order valence-corrected chi connectivity index (χ1v) is 9.13. The predicted octanol–water partition coefficient (Wildman–Crippen LogP) is 4.35. The number of nitrogens with zero attached hydrogens (tertiary/aromatic N) is 1. The molecule has 3 rings (SSSR count). The van der Waals surface area contributed by atoms with Gasteiger partial charge in [-0.15, -0.1) is 0 Å². The summed E-state index contributed by atoms with van der Waals surface area (Å²) >= 11 is 0. The van der Waals surface area contributed by atoms with Crippen LogP contribution >= 0.6 is 0 Å². The van der Waals surface area contributed by atoms with Gasteiger partial charge in [0.2, 0.25) is 0 Å². The molecule has 0 saturated heterocycles. The molecule has 0 atom stereocenters. The maximum Gasteiger partial charge on any atom is 0.306 e. The van der Waals surface area contributed by atoms with Gasteiger partial charge >= 0.3 is 5.97 Å². The number of carbonyl (C=O) groups excluding carboxylic acids is 1. The summed E-state index contributed by atoms with van der Waals surface area (Å²) in [6.45, 7) is 0.669. The molecular weight excluding hydrogens is 354 g/mol. The maximum absolute atomic E-state index is 12.0. The van der Waals surface area contributed by atoms with Gasteiger partial charge in [-0.05, 0) is 53.9 Å². The van der Waals surface area contributed by atoms with Gasteiger partial charge < -0.3 is 14.2 Å². The summed E-state index contributed by atoms with van der Waals surface area (Å²) < 4.78 is 16.2. The van der Waals surface area contributed by atoms with Crippen LogP contribution in [-0.4, -0.2) is 18.1 Å². The molecule has 5 heteroatoms. The molecule has 5 nitrogen and oxygen atoms in total. The second-order valence-corrected chi connectivity index (χ2v) is 6.26. The van der Waals surface area contributed by atoms with E-state index in [0.29, 0.717) is 19.4 Å². The summed E-state index contributed by atoms with van der Waals surface area (Å²) in [7, 11) is 1.63. The molecule has 28 heavy (non-hydrogen) atoms. The Morgan fingerprint density at radius 2 is 1.57 bits per heavy atom. The number of aromatic nitrogens is 1. The molecule has 0 aliphatic heterocycles. The van der Waals surface area contributed by atoms with Crippen molar-refractivity contribution in [2.24, 2.45) is 0 Å². The molecule has 144 valence electrons. The summed E-state index contributed by atoms with van der Waals surface area (Å²) in [6, 6.07) is 20.9. The normalized spacial score (nSPS) is 10.3. The highest BCUT2D eigenvalue weighted by molar-refractivity contribution is 5.69. The van der Waals surface area contributed by atoms with Crippen molar-refractivity contribution in [3.05, 3.63) is 89.7 Å². The number of aryl methyl sites for hydroxylation is 1. The molecule has 0 aliphatic carbocycles. The first-order chi connectivity index (χ1) is 13.7. The fourth-order valence-electron chi connectivity index (χ4n) is 2.60. The molecule has 0 spiro atoms. The minimum absolute atomic E-state index is 0.216. The van der Waals surface area contributed by atoms with Crippen LogP contribution in [0.4, 0.5) is 0 Å². The van der Waals surface area contributed by atoms with Crippen molar-refractivity contribution in [1.82, 2.24) is 4.98 Å². The maximum atomic E-state index is 12.0. The van der Waals surface area contributed by atoms with Crippen LogP contribution in [0.25, 0.3) is 0 Å². The van der Waals surface area contributed by atoms with Crippen LogP contribution in [0.3, 0.4) is 0 Å². The number of hydrogen-bond acceptors (Lipinski definition) is 5. The third-order valence-corrected chi connectivity index (χ3v) is 4.21. The molecule has 0 unspecified atom stereocenters. The van der Waals surface area contributed by atoms with Crippen LogP contribution in [0.15, 0.2) is 72.9 Å². The number of rotatable bonds is 9. The van der Waals surface area contributed by atoms with Gasteiger partial charge in [0.1, 0.15) is 24.7 Å². The molecule has 0 fully saturated rings. The van der Waals surface area contributed by atoms with Crippen LogP contribution in [0.5, 0.6) is 11.5 Å². The highest BCUT2D eigenvalue weighted by atomic mass is 16.5. The summed E-state index contributed by atoms with van der Waals surface area (Å²) in [5.74, 6) is 1.34. The van der Waals surface area contributed by atoms with Crippen molar-refractivity contribution >= 4 is 5.97 Å². The van der Waals surface area contributed by atoms with E-state index in [-0.39, 0.29) is 12.6 Å². The van der Waals surface area contributed by atoms with Gasteiger partial charge in [-0.3, -0.25) is 9.78 Å².